The van der Waals surface area contributed by atoms with Crippen molar-refractivity contribution in [2.24, 2.45) is 0 Å². The average molecular weight is 441 g/mol. The predicted octanol–water partition coefficient (Wildman–Crippen LogP) is 4.48. The van der Waals surface area contributed by atoms with Crippen molar-refractivity contribution < 1.29 is 13.9 Å². The molecule has 0 radical (unpaired) electrons. The van der Waals surface area contributed by atoms with E-state index < -0.39 is 0 Å². The molecule has 1 amide bonds. The third-order valence-corrected chi connectivity index (χ3v) is 6.70. The lowest BCUT2D eigenvalue weighted by Gasteiger charge is -2.39. The van der Waals surface area contributed by atoms with Gasteiger partial charge in [0.25, 0.3) is 0 Å². The van der Waals surface area contributed by atoms with E-state index in [4.69, 9.17) is 9.15 Å². The lowest BCUT2D eigenvalue weighted by Crippen LogP contribution is -2.48. The Labute approximate surface area is 186 Å². The zero-order chi connectivity index (χ0) is 21.8. The first-order chi connectivity index (χ1) is 15.1. The molecular weight excluding hydrogens is 412 g/mol. The van der Waals surface area contributed by atoms with Gasteiger partial charge in [-0.1, -0.05) is 23.9 Å². The van der Waals surface area contributed by atoms with Crippen molar-refractivity contribution >= 4 is 17.7 Å². The fourth-order valence-electron chi connectivity index (χ4n) is 4.19. The molecule has 1 saturated heterocycles. The van der Waals surface area contributed by atoms with E-state index >= 15 is 0 Å². The number of ether oxygens (including phenoxy) is 1. The highest BCUT2D eigenvalue weighted by Gasteiger charge is 2.29. The summed E-state index contributed by atoms with van der Waals surface area (Å²) in [5, 5.41) is 9.53. The second kappa shape index (κ2) is 9.60. The van der Waals surface area contributed by atoms with Crippen molar-refractivity contribution in [3.05, 3.63) is 48.4 Å². The van der Waals surface area contributed by atoms with Crippen molar-refractivity contribution in [3.63, 3.8) is 0 Å². The van der Waals surface area contributed by atoms with Crippen LogP contribution in [0.25, 0.3) is 11.4 Å². The Morgan fingerprint density at radius 1 is 1.19 bits per heavy atom. The molecule has 1 aliphatic rings. The van der Waals surface area contributed by atoms with E-state index in [-0.39, 0.29) is 18.0 Å². The van der Waals surface area contributed by atoms with Crippen LogP contribution in [-0.4, -0.2) is 50.5 Å². The minimum atomic E-state index is 0.153. The lowest BCUT2D eigenvalue weighted by atomic mass is 9.98. The smallest absolute Gasteiger partial charge is 0.233 e. The van der Waals surface area contributed by atoms with Crippen molar-refractivity contribution in [1.82, 2.24) is 19.7 Å². The van der Waals surface area contributed by atoms with Gasteiger partial charge in [-0.15, -0.1) is 10.2 Å². The zero-order valence-electron chi connectivity index (χ0n) is 18.2. The van der Waals surface area contributed by atoms with Gasteiger partial charge in [0.2, 0.25) is 5.91 Å². The largest absolute Gasteiger partial charge is 0.497 e. The molecule has 0 saturated carbocycles. The van der Waals surface area contributed by atoms with Gasteiger partial charge in [-0.25, -0.2) is 0 Å². The van der Waals surface area contributed by atoms with Crippen LogP contribution in [0.5, 0.6) is 5.75 Å². The minimum Gasteiger partial charge on any atom is -0.497 e. The Balaban J connectivity index is 1.58. The number of hydrogen-bond donors (Lipinski definition) is 0. The Bertz CT molecular complexity index is 1010. The number of piperidine rings is 1. The summed E-state index contributed by atoms with van der Waals surface area (Å²) in [4.78, 5) is 15.0. The van der Waals surface area contributed by atoms with Gasteiger partial charge in [0.15, 0.2) is 11.0 Å². The highest BCUT2D eigenvalue weighted by molar-refractivity contribution is 7.99. The Morgan fingerprint density at radius 2 is 2.00 bits per heavy atom. The summed E-state index contributed by atoms with van der Waals surface area (Å²) >= 11 is 1.43. The number of carbonyl (C=O) groups excluding carboxylic acids is 1. The number of aromatic nitrogens is 3. The van der Waals surface area contributed by atoms with Gasteiger partial charge in [0.1, 0.15) is 11.5 Å². The van der Waals surface area contributed by atoms with Crippen LogP contribution in [0.1, 0.15) is 38.9 Å². The Morgan fingerprint density at radius 3 is 2.71 bits per heavy atom. The fourth-order valence-corrected chi connectivity index (χ4v) is 4.99. The van der Waals surface area contributed by atoms with E-state index in [1.165, 1.54) is 18.2 Å². The van der Waals surface area contributed by atoms with E-state index in [1.54, 1.807) is 13.4 Å². The van der Waals surface area contributed by atoms with Gasteiger partial charge in [0.05, 0.1) is 25.7 Å². The minimum absolute atomic E-state index is 0.153. The third kappa shape index (κ3) is 4.79. The summed E-state index contributed by atoms with van der Waals surface area (Å²) < 4.78 is 12.9. The standard InChI is InChI=1S/C23H28N4O3S/c1-16-7-4-8-17(2)27(16)21(28)15-31-23-25-24-22(18-9-5-10-19(13-18)29-3)26(23)14-20-11-6-12-30-20/h5-6,9-13,16-17H,4,7-8,14-15H2,1-3H3. The van der Waals surface area contributed by atoms with Gasteiger partial charge < -0.3 is 14.1 Å². The highest BCUT2D eigenvalue weighted by atomic mass is 32.2. The number of rotatable bonds is 7. The van der Waals surface area contributed by atoms with Gasteiger partial charge in [0, 0.05) is 17.6 Å². The lowest BCUT2D eigenvalue weighted by molar-refractivity contribution is -0.134. The number of benzene rings is 1. The number of nitrogens with zero attached hydrogens (tertiary/aromatic N) is 4. The van der Waals surface area contributed by atoms with E-state index in [2.05, 4.69) is 24.0 Å². The number of hydrogen-bond acceptors (Lipinski definition) is 6. The SMILES string of the molecule is COc1cccc(-c2nnc(SCC(=O)N3C(C)CCCC3C)n2Cc2ccco2)c1. The molecule has 3 heterocycles. The van der Waals surface area contributed by atoms with Crippen LogP contribution < -0.4 is 4.74 Å². The molecule has 4 rings (SSSR count). The monoisotopic (exact) mass is 440 g/mol. The van der Waals surface area contributed by atoms with Crippen LogP contribution in [0.15, 0.2) is 52.2 Å². The zero-order valence-corrected chi connectivity index (χ0v) is 19.0. The maximum Gasteiger partial charge on any atom is 0.233 e. The molecule has 31 heavy (non-hydrogen) atoms. The molecule has 0 bridgehead atoms. The molecule has 2 unspecified atom stereocenters. The first-order valence-corrected chi connectivity index (χ1v) is 11.6. The van der Waals surface area contributed by atoms with E-state index in [9.17, 15) is 4.79 Å². The summed E-state index contributed by atoms with van der Waals surface area (Å²) in [6.45, 7) is 4.76. The van der Waals surface area contributed by atoms with Crippen LogP contribution in [0.3, 0.4) is 0 Å². The Hall–Kier alpha value is -2.74. The van der Waals surface area contributed by atoms with Crippen LogP contribution in [0.4, 0.5) is 0 Å². The summed E-state index contributed by atoms with van der Waals surface area (Å²) in [7, 11) is 1.64. The van der Waals surface area contributed by atoms with Gasteiger partial charge in [-0.3, -0.25) is 9.36 Å². The molecule has 1 fully saturated rings. The third-order valence-electron chi connectivity index (χ3n) is 5.75. The first kappa shape index (κ1) is 21.5. The number of thioether (sulfide) groups is 1. The second-order valence-electron chi connectivity index (χ2n) is 7.92. The molecule has 164 valence electrons. The van der Waals surface area contributed by atoms with Gasteiger partial charge in [-0.05, 0) is 57.4 Å². The van der Waals surface area contributed by atoms with Gasteiger partial charge >= 0.3 is 0 Å². The molecule has 2 atom stereocenters. The highest BCUT2D eigenvalue weighted by Crippen LogP contribution is 2.29. The summed E-state index contributed by atoms with van der Waals surface area (Å²) in [6.07, 6.45) is 4.96. The molecule has 2 aromatic heterocycles. The predicted molar refractivity (Wildman–Crippen MR) is 120 cm³/mol. The molecule has 0 aliphatic carbocycles. The number of amides is 1. The molecule has 3 aromatic rings. The van der Waals surface area contributed by atoms with E-state index in [1.807, 2.05) is 45.9 Å². The van der Waals surface area contributed by atoms with Crippen LogP contribution in [-0.2, 0) is 11.3 Å². The fraction of sp³-hybridized carbons (Fsp3) is 0.435. The summed E-state index contributed by atoms with van der Waals surface area (Å²) in [5.41, 5.74) is 0.898. The van der Waals surface area contributed by atoms with Crippen LogP contribution in [0.2, 0.25) is 0 Å². The molecular formula is C23H28N4O3S. The van der Waals surface area contributed by atoms with Crippen molar-refractivity contribution in [3.8, 4) is 17.1 Å². The number of methoxy groups -OCH3 is 1. The van der Waals surface area contributed by atoms with Crippen LogP contribution in [0, 0.1) is 0 Å². The first-order valence-electron chi connectivity index (χ1n) is 10.6. The molecule has 0 spiro atoms. The molecule has 1 aromatic carbocycles. The number of furan rings is 1. The second-order valence-corrected chi connectivity index (χ2v) is 8.86. The maximum absolute atomic E-state index is 13.0. The van der Waals surface area contributed by atoms with Gasteiger partial charge in [-0.2, -0.15) is 0 Å². The summed E-state index contributed by atoms with van der Waals surface area (Å²) in [5.74, 6) is 2.76. The van der Waals surface area contributed by atoms with Crippen molar-refractivity contribution in [2.75, 3.05) is 12.9 Å². The number of carbonyl (C=O) groups is 1. The quantitative estimate of drug-likeness (QED) is 0.505. The molecule has 7 nitrogen and oxygen atoms in total. The molecule has 1 aliphatic heterocycles. The summed E-state index contributed by atoms with van der Waals surface area (Å²) in [6, 6.07) is 12.1. The van der Waals surface area contributed by atoms with E-state index in [0.29, 0.717) is 23.3 Å². The van der Waals surface area contributed by atoms with Crippen LogP contribution >= 0.6 is 11.8 Å². The van der Waals surface area contributed by atoms with E-state index in [0.717, 1.165) is 29.9 Å². The topological polar surface area (TPSA) is 73.4 Å². The number of likely N-dealkylation sites (tertiary alicyclic amines) is 1. The van der Waals surface area contributed by atoms with Crippen molar-refractivity contribution in [1.29, 1.82) is 0 Å². The Kier molecular flexibility index (Phi) is 6.65. The molecule has 0 N–H and O–H groups in total. The molecule has 8 heteroatoms. The average Bonchev–Trinajstić information content (AvgIpc) is 3.42. The van der Waals surface area contributed by atoms with Crippen molar-refractivity contribution in [2.45, 2.75) is 56.9 Å². The normalized spacial score (nSPS) is 18.9. The maximum atomic E-state index is 13.0.